The molecule has 1 fully saturated rings. The van der Waals surface area contributed by atoms with Crippen LogP contribution in [0.5, 0.6) is 0 Å². The number of piperidine rings is 1. The largest absolute Gasteiger partial charge is 0.416 e. The van der Waals surface area contributed by atoms with Crippen LogP contribution in [0.4, 0.5) is 18.9 Å². The van der Waals surface area contributed by atoms with Crippen molar-refractivity contribution in [3.05, 3.63) is 59.7 Å². The van der Waals surface area contributed by atoms with E-state index in [1.165, 1.54) is 12.1 Å². The van der Waals surface area contributed by atoms with Crippen molar-refractivity contribution in [2.45, 2.75) is 56.8 Å². The maximum Gasteiger partial charge on any atom is 0.416 e. The van der Waals surface area contributed by atoms with E-state index in [9.17, 15) is 22.2 Å². The van der Waals surface area contributed by atoms with Gasteiger partial charge in [-0.2, -0.15) is 13.2 Å². The summed E-state index contributed by atoms with van der Waals surface area (Å²) >= 11 is 0. The van der Waals surface area contributed by atoms with Crippen molar-refractivity contribution < 1.29 is 22.2 Å². The van der Waals surface area contributed by atoms with Gasteiger partial charge in [0.15, 0.2) is 0 Å². The lowest BCUT2D eigenvalue weighted by molar-refractivity contribution is -0.137. The Balaban J connectivity index is 1.61. The zero-order valence-corrected chi connectivity index (χ0v) is 19.9. The number of hydrogen-bond donors (Lipinski definition) is 1. The molecule has 1 saturated heterocycles. The number of rotatable bonds is 7. The normalized spacial score (nSPS) is 16.8. The third kappa shape index (κ3) is 6.65. The van der Waals surface area contributed by atoms with Gasteiger partial charge in [0, 0.05) is 30.9 Å². The summed E-state index contributed by atoms with van der Waals surface area (Å²) in [5.41, 5.74) is 0.987. The Labute approximate surface area is 195 Å². The molecule has 1 N–H and O–H groups in total. The molecule has 1 atom stereocenters. The first kappa shape index (κ1) is 25.4. The lowest BCUT2D eigenvalue weighted by atomic mass is 10.0. The van der Waals surface area contributed by atoms with E-state index < -0.39 is 22.7 Å². The van der Waals surface area contributed by atoms with E-state index in [4.69, 9.17) is 0 Å². The highest BCUT2D eigenvalue weighted by atomic mass is 32.2. The summed E-state index contributed by atoms with van der Waals surface area (Å²) in [4.78, 5) is 14.7. The second-order valence-corrected chi connectivity index (χ2v) is 9.99. The number of carbonyl (C=O) groups excluding carboxylic acids is 1. The number of nitrogens with one attached hydrogen (secondary N) is 1. The molecule has 0 spiro atoms. The van der Waals surface area contributed by atoms with E-state index in [0.29, 0.717) is 25.9 Å². The predicted octanol–water partition coefficient (Wildman–Crippen LogP) is 4.85. The highest BCUT2D eigenvalue weighted by Crippen LogP contribution is 2.31. The molecule has 0 aromatic heterocycles. The molecule has 1 aliphatic rings. The van der Waals surface area contributed by atoms with Crippen molar-refractivity contribution in [3.63, 3.8) is 0 Å². The molecule has 5 nitrogen and oxygen atoms in total. The van der Waals surface area contributed by atoms with Gasteiger partial charge >= 0.3 is 6.18 Å². The Morgan fingerprint density at radius 1 is 1.15 bits per heavy atom. The smallest absolute Gasteiger partial charge is 0.325 e. The van der Waals surface area contributed by atoms with Gasteiger partial charge in [0.1, 0.15) is 11.0 Å². The SMILES string of the molecule is Cc1ccccc1NC(=O)CN1CCC(N(C(C)C)S(=O)c2cccc(C(F)(F)F)c2)CC1. The molecule has 180 valence electrons. The molecule has 3 rings (SSSR count). The van der Waals surface area contributed by atoms with Gasteiger partial charge in [-0.25, -0.2) is 8.51 Å². The lowest BCUT2D eigenvalue weighted by Crippen LogP contribution is -2.49. The van der Waals surface area contributed by atoms with Crippen LogP contribution in [0.25, 0.3) is 0 Å². The first-order chi connectivity index (χ1) is 15.6. The van der Waals surface area contributed by atoms with Crippen LogP contribution >= 0.6 is 0 Å². The van der Waals surface area contributed by atoms with E-state index in [1.54, 1.807) is 4.31 Å². The van der Waals surface area contributed by atoms with Crippen LogP contribution in [0.2, 0.25) is 0 Å². The minimum atomic E-state index is -4.48. The Bertz CT molecular complexity index is 989. The second kappa shape index (κ2) is 10.8. The van der Waals surface area contributed by atoms with Crippen LogP contribution in [-0.2, 0) is 22.0 Å². The maximum absolute atomic E-state index is 13.3. The molecule has 1 amide bonds. The van der Waals surface area contributed by atoms with Crippen LogP contribution in [-0.4, -0.2) is 51.0 Å². The second-order valence-electron chi connectivity index (χ2n) is 8.60. The number of alkyl halides is 3. The van der Waals surface area contributed by atoms with E-state index in [1.807, 2.05) is 45.0 Å². The van der Waals surface area contributed by atoms with Crippen molar-refractivity contribution in [1.82, 2.24) is 9.21 Å². The number of aryl methyl sites for hydroxylation is 1. The van der Waals surface area contributed by atoms with Gasteiger partial charge in [0.2, 0.25) is 5.91 Å². The van der Waals surface area contributed by atoms with E-state index in [2.05, 4.69) is 10.2 Å². The fourth-order valence-corrected chi connectivity index (χ4v) is 5.62. The third-order valence-electron chi connectivity index (χ3n) is 5.77. The number of benzene rings is 2. The van der Waals surface area contributed by atoms with Gasteiger partial charge in [-0.3, -0.25) is 9.69 Å². The topological polar surface area (TPSA) is 52.7 Å². The van der Waals surface area contributed by atoms with Crippen molar-refractivity contribution >= 4 is 22.6 Å². The monoisotopic (exact) mass is 481 g/mol. The zero-order valence-electron chi connectivity index (χ0n) is 19.1. The molecule has 0 aliphatic carbocycles. The fraction of sp³-hybridized carbons (Fsp3) is 0.458. The Hall–Kier alpha value is -2.23. The Kier molecular flexibility index (Phi) is 8.31. The average Bonchev–Trinajstić information content (AvgIpc) is 2.76. The molecule has 0 bridgehead atoms. The van der Waals surface area contributed by atoms with Crippen LogP contribution in [0.15, 0.2) is 53.4 Å². The van der Waals surface area contributed by atoms with E-state index in [0.717, 1.165) is 23.4 Å². The first-order valence-electron chi connectivity index (χ1n) is 11.0. The number of likely N-dealkylation sites (tertiary alicyclic amines) is 1. The fourth-order valence-electron chi connectivity index (χ4n) is 4.09. The molecule has 0 radical (unpaired) electrons. The van der Waals surface area contributed by atoms with Gasteiger partial charge in [-0.1, -0.05) is 24.3 Å². The number of halogens is 3. The maximum atomic E-state index is 13.3. The van der Waals surface area contributed by atoms with Crippen molar-refractivity contribution in [2.24, 2.45) is 0 Å². The third-order valence-corrected chi connectivity index (χ3v) is 7.53. The predicted molar refractivity (Wildman–Crippen MR) is 124 cm³/mol. The summed E-state index contributed by atoms with van der Waals surface area (Å²) in [6.07, 6.45) is -3.12. The molecule has 0 saturated carbocycles. The van der Waals surface area contributed by atoms with Crippen LogP contribution in [0.3, 0.4) is 0 Å². The molecular formula is C24H30F3N3O2S. The van der Waals surface area contributed by atoms with Crippen LogP contribution < -0.4 is 5.32 Å². The summed E-state index contributed by atoms with van der Waals surface area (Å²) in [6, 6.07) is 12.2. The Morgan fingerprint density at radius 3 is 2.42 bits per heavy atom. The number of amides is 1. The van der Waals surface area contributed by atoms with Crippen LogP contribution in [0, 0.1) is 6.92 Å². The minimum Gasteiger partial charge on any atom is -0.325 e. The quantitative estimate of drug-likeness (QED) is 0.615. The van der Waals surface area contributed by atoms with Gasteiger partial charge in [0.05, 0.1) is 17.0 Å². The molecule has 1 aliphatic heterocycles. The highest BCUT2D eigenvalue weighted by Gasteiger charge is 2.34. The number of hydrogen-bond acceptors (Lipinski definition) is 3. The van der Waals surface area contributed by atoms with Crippen molar-refractivity contribution in [3.8, 4) is 0 Å². The Morgan fingerprint density at radius 2 is 1.82 bits per heavy atom. The minimum absolute atomic E-state index is 0.0453. The van der Waals surface area contributed by atoms with E-state index in [-0.39, 0.29) is 29.4 Å². The summed E-state index contributed by atoms with van der Waals surface area (Å²) in [6.45, 7) is 7.29. The summed E-state index contributed by atoms with van der Waals surface area (Å²) in [7, 11) is -1.71. The van der Waals surface area contributed by atoms with Crippen molar-refractivity contribution in [1.29, 1.82) is 0 Å². The lowest BCUT2D eigenvalue weighted by Gasteiger charge is -2.39. The van der Waals surface area contributed by atoms with Gasteiger partial charge in [-0.05, 0) is 63.4 Å². The molecule has 9 heteroatoms. The summed E-state index contributed by atoms with van der Waals surface area (Å²) in [5, 5.41) is 2.94. The zero-order chi connectivity index (χ0) is 24.2. The van der Waals surface area contributed by atoms with E-state index >= 15 is 0 Å². The number of carbonyl (C=O) groups is 1. The summed E-state index contributed by atoms with van der Waals surface area (Å²) in [5.74, 6) is -0.0870. The average molecular weight is 482 g/mol. The van der Waals surface area contributed by atoms with Gasteiger partial charge in [-0.15, -0.1) is 0 Å². The number of para-hydroxylation sites is 1. The van der Waals surface area contributed by atoms with Crippen LogP contribution in [0.1, 0.15) is 37.8 Å². The highest BCUT2D eigenvalue weighted by molar-refractivity contribution is 7.82. The molecule has 33 heavy (non-hydrogen) atoms. The molecule has 1 heterocycles. The van der Waals surface area contributed by atoms with Gasteiger partial charge in [0.25, 0.3) is 0 Å². The number of nitrogens with zero attached hydrogens (tertiary/aromatic N) is 2. The molecule has 1 unspecified atom stereocenters. The standard InChI is InChI=1S/C24H30F3N3O2S/c1-17(2)30(33(32)21-9-6-8-19(15-21)24(25,26)27)20-11-13-29(14-12-20)16-23(31)28-22-10-5-4-7-18(22)3/h4-10,15,17,20H,11-14,16H2,1-3H3,(H,28,31). The molecule has 2 aromatic rings. The van der Waals surface area contributed by atoms with Gasteiger partial charge < -0.3 is 5.32 Å². The summed E-state index contributed by atoms with van der Waals surface area (Å²) < 4.78 is 54.3. The first-order valence-corrected chi connectivity index (χ1v) is 12.1. The molecule has 2 aromatic carbocycles. The molecular weight excluding hydrogens is 451 g/mol. The number of anilines is 1. The van der Waals surface area contributed by atoms with Crippen molar-refractivity contribution in [2.75, 3.05) is 25.0 Å².